The highest BCUT2D eigenvalue weighted by Gasteiger charge is 2.18. The Bertz CT molecular complexity index is 682. The van der Waals surface area contributed by atoms with E-state index in [-0.39, 0.29) is 11.9 Å². The molecule has 4 nitrogen and oxygen atoms in total. The number of nitrogens with one attached hydrogen (secondary N) is 2. The third kappa shape index (κ3) is 4.23. The molecule has 1 heterocycles. The Morgan fingerprint density at radius 3 is 2.50 bits per heavy atom. The van der Waals surface area contributed by atoms with Gasteiger partial charge in [0.15, 0.2) is 0 Å². The molecule has 0 aliphatic carbocycles. The lowest BCUT2D eigenvalue weighted by molar-refractivity contribution is 0.0935. The molecule has 0 radical (unpaired) electrons. The number of thioether (sulfide) groups is 1. The highest BCUT2D eigenvalue weighted by molar-refractivity contribution is 7.99. The van der Waals surface area contributed by atoms with E-state index in [9.17, 15) is 4.79 Å². The predicted octanol–water partition coefficient (Wildman–Crippen LogP) is 4.06. The largest absolute Gasteiger partial charge is 0.497 e. The minimum absolute atomic E-state index is 0.0106. The monoisotopic (exact) mass is 342 g/mol. The van der Waals surface area contributed by atoms with Crippen LogP contribution in [0, 0.1) is 0 Å². The van der Waals surface area contributed by atoms with Gasteiger partial charge < -0.3 is 15.4 Å². The summed E-state index contributed by atoms with van der Waals surface area (Å²) < 4.78 is 5.17. The third-order valence-electron chi connectivity index (χ3n) is 4.10. The van der Waals surface area contributed by atoms with Crippen molar-refractivity contribution >= 4 is 29.0 Å². The Morgan fingerprint density at radius 1 is 1.08 bits per heavy atom. The van der Waals surface area contributed by atoms with Crippen molar-refractivity contribution in [3.05, 3.63) is 54.1 Å². The first-order valence-electron chi connectivity index (χ1n) is 8.15. The Morgan fingerprint density at radius 2 is 1.79 bits per heavy atom. The van der Waals surface area contributed by atoms with Crippen molar-refractivity contribution in [2.75, 3.05) is 23.9 Å². The molecule has 1 saturated heterocycles. The summed E-state index contributed by atoms with van der Waals surface area (Å²) in [4.78, 5) is 12.6. The summed E-state index contributed by atoms with van der Waals surface area (Å²) in [6.07, 6.45) is 2.09. The van der Waals surface area contributed by atoms with Gasteiger partial charge in [0.1, 0.15) is 5.75 Å². The van der Waals surface area contributed by atoms with Crippen molar-refractivity contribution in [2.45, 2.75) is 18.9 Å². The van der Waals surface area contributed by atoms with E-state index >= 15 is 0 Å². The highest BCUT2D eigenvalue weighted by Crippen LogP contribution is 2.24. The first-order chi connectivity index (χ1) is 11.8. The maximum atomic E-state index is 12.6. The van der Waals surface area contributed by atoms with E-state index in [4.69, 9.17) is 4.74 Å². The van der Waals surface area contributed by atoms with E-state index in [0.29, 0.717) is 5.56 Å². The van der Waals surface area contributed by atoms with Crippen LogP contribution in [-0.2, 0) is 0 Å². The van der Waals surface area contributed by atoms with Crippen molar-refractivity contribution in [3.63, 3.8) is 0 Å². The van der Waals surface area contributed by atoms with Crippen LogP contribution in [0.2, 0.25) is 0 Å². The van der Waals surface area contributed by atoms with E-state index < -0.39 is 0 Å². The Kier molecular flexibility index (Phi) is 5.64. The lowest BCUT2D eigenvalue weighted by Gasteiger charge is -2.23. The van der Waals surface area contributed by atoms with E-state index in [1.54, 1.807) is 7.11 Å². The number of methoxy groups -OCH3 is 1. The normalized spacial score (nSPS) is 14.9. The minimum Gasteiger partial charge on any atom is -0.497 e. The molecule has 2 N–H and O–H groups in total. The van der Waals surface area contributed by atoms with Gasteiger partial charge in [0.2, 0.25) is 0 Å². The summed E-state index contributed by atoms with van der Waals surface area (Å²) in [5, 5.41) is 6.49. The standard InChI is InChI=1S/C19H22N2O2S/c1-23-16-8-6-14(7-9-16)20-18-5-3-2-4-17(18)19(22)21-15-10-12-24-13-11-15/h2-9,15,20H,10-13H2,1H3,(H,21,22). The molecule has 2 aromatic carbocycles. The number of carbonyl (C=O) groups excluding carboxylic acids is 1. The maximum Gasteiger partial charge on any atom is 0.253 e. The Labute approximate surface area is 147 Å². The minimum atomic E-state index is -0.0106. The summed E-state index contributed by atoms with van der Waals surface area (Å²) in [5.41, 5.74) is 2.40. The Balaban J connectivity index is 1.72. The van der Waals surface area contributed by atoms with Gasteiger partial charge in [-0.2, -0.15) is 11.8 Å². The van der Waals surface area contributed by atoms with Crippen LogP contribution in [0.3, 0.4) is 0 Å². The number of anilines is 2. The van der Waals surface area contributed by atoms with Crippen LogP contribution in [0.1, 0.15) is 23.2 Å². The number of carbonyl (C=O) groups is 1. The van der Waals surface area contributed by atoms with Crippen molar-refractivity contribution in [3.8, 4) is 5.75 Å². The van der Waals surface area contributed by atoms with Gasteiger partial charge >= 0.3 is 0 Å². The van der Waals surface area contributed by atoms with E-state index in [1.807, 2.05) is 60.3 Å². The zero-order chi connectivity index (χ0) is 16.8. The van der Waals surface area contributed by atoms with Crippen molar-refractivity contribution in [1.82, 2.24) is 5.32 Å². The molecule has 0 atom stereocenters. The number of hydrogen-bond acceptors (Lipinski definition) is 4. The summed E-state index contributed by atoms with van der Waals surface area (Å²) in [6, 6.07) is 15.6. The van der Waals surface area contributed by atoms with Gasteiger partial charge in [-0.05, 0) is 60.7 Å². The molecule has 0 bridgehead atoms. The van der Waals surface area contributed by atoms with Crippen LogP contribution in [-0.4, -0.2) is 30.6 Å². The molecule has 0 saturated carbocycles. The average Bonchev–Trinajstić information content (AvgIpc) is 2.63. The molecule has 5 heteroatoms. The van der Waals surface area contributed by atoms with Crippen LogP contribution in [0.15, 0.2) is 48.5 Å². The van der Waals surface area contributed by atoms with Crippen LogP contribution in [0.4, 0.5) is 11.4 Å². The van der Waals surface area contributed by atoms with E-state index in [0.717, 1.165) is 41.5 Å². The summed E-state index contributed by atoms with van der Waals surface area (Å²) >= 11 is 1.96. The van der Waals surface area contributed by atoms with Crippen LogP contribution in [0.5, 0.6) is 5.75 Å². The van der Waals surface area contributed by atoms with E-state index in [1.165, 1.54) is 0 Å². The fourth-order valence-electron chi connectivity index (χ4n) is 2.73. The fraction of sp³-hybridized carbons (Fsp3) is 0.316. The summed E-state index contributed by atoms with van der Waals surface area (Å²) in [6.45, 7) is 0. The number of amides is 1. The van der Waals surface area contributed by atoms with Crippen molar-refractivity contribution in [2.24, 2.45) is 0 Å². The zero-order valence-corrected chi connectivity index (χ0v) is 14.6. The Hall–Kier alpha value is -2.14. The average molecular weight is 342 g/mol. The number of hydrogen-bond donors (Lipinski definition) is 2. The van der Waals surface area contributed by atoms with Crippen LogP contribution < -0.4 is 15.4 Å². The number of ether oxygens (including phenoxy) is 1. The zero-order valence-electron chi connectivity index (χ0n) is 13.7. The second-order valence-electron chi connectivity index (χ2n) is 5.76. The molecule has 126 valence electrons. The second-order valence-corrected chi connectivity index (χ2v) is 6.98. The molecule has 1 fully saturated rings. The number of benzene rings is 2. The van der Waals surface area contributed by atoms with Crippen LogP contribution in [0.25, 0.3) is 0 Å². The SMILES string of the molecule is COc1ccc(Nc2ccccc2C(=O)NC2CCSCC2)cc1. The molecule has 1 aliphatic rings. The molecule has 0 aromatic heterocycles. The molecular weight excluding hydrogens is 320 g/mol. The first kappa shape index (κ1) is 16.7. The van der Waals surface area contributed by atoms with Crippen LogP contribution >= 0.6 is 11.8 Å². The lowest BCUT2D eigenvalue weighted by Crippen LogP contribution is -2.37. The topological polar surface area (TPSA) is 50.4 Å². The highest BCUT2D eigenvalue weighted by atomic mass is 32.2. The quantitative estimate of drug-likeness (QED) is 0.860. The summed E-state index contributed by atoms with van der Waals surface area (Å²) in [5.74, 6) is 3.04. The van der Waals surface area contributed by atoms with Crippen molar-refractivity contribution in [1.29, 1.82) is 0 Å². The second kappa shape index (κ2) is 8.11. The van der Waals surface area contributed by atoms with Gasteiger partial charge in [0.05, 0.1) is 18.4 Å². The summed E-state index contributed by atoms with van der Waals surface area (Å²) in [7, 11) is 1.64. The number of para-hydroxylation sites is 1. The van der Waals surface area contributed by atoms with Gasteiger partial charge in [-0.3, -0.25) is 4.79 Å². The van der Waals surface area contributed by atoms with Gasteiger partial charge in [0, 0.05) is 11.7 Å². The lowest BCUT2D eigenvalue weighted by atomic mass is 10.1. The van der Waals surface area contributed by atoms with Gasteiger partial charge in [-0.15, -0.1) is 0 Å². The van der Waals surface area contributed by atoms with Crippen molar-refractivity contribution < 1.29 is 9.53 Å². The van der Waals surface area contributed by atoms with E-state index in [2.05, 4.69) is 10.6 Å². The maximum absolute atomic E-state index is 12.6. The molecular formula is C19H22N2O2S. The molecule has 3 rings (SSSR count). The first-order valence-corrected chi connectivity index (χ1v) is 9.30. The van der Waals surface area contributed by atoms with Gasteiger partial charge in [-0.1, -0.05) is 12.1 Å². The van der Waals surface area contributed by atoms with Gasteiger partial charge in [0.25, 0.3) is 5.91 Å². The third-order valence-corrected chi connectivity index (χ3v) is 5.15. The smallest absolute Gasteiger partial charge is 0.253 e. The fourth-order valence-corrected chi connectivity index (χ4v) is 3.83. The molecule has 24 heavy (non-hydrogen) atoms. The molecule has 2 aromatic rings. The number of rotatable bonds is 5. The molecule has 0 unspecified atom stereocenters. The predicted molar refractivity (Wildman–Crippen MR) is 101 cm³/mol. The molecule has 0 spiro atoms. The molecule has 1 aliphatic heterocycles. The van der Waals surface area contributed by atoms with Gasteiger partial charge in [-0.25, -0.2) is 0 Å². The molecule has 1 amide bonds.